The molecule has 0 aromatic carbocycles. The van der Waals surface area contributed by atoms with E-state index in [0.29, 0.717) is 19.3 Å². The highest BCUT2D eigenvalue weighted by molar-refractivity contribution is 5.77. The topological polar surface area (TPSA) is 95.9 Å². The van der Waals surface area contributed by atoms with Crippen LogP contribution in [0.5, 0.6) is 0 Å². The summed E-state index contributed by atoms with van der Waals surface area (Å²) in [5.41, 5.74) is 0. The Kier molecular flexibility index (Phi) is 54.9. The minimum absolute atomic E-state index is 0.0548. The maximum atomic E-state index is 13.3. The molecule has 0 spiro atoms. The Balaban J connectivity index is 4.58. The fourth-order valence-corrected chi connectivity index (χ4v) is 9.31. The molecule has 3 atom stereocenters. The van der Waals surface area contributed by atoms with E-state index in [-0.39, 0.29) is 24.9 Å². The standard InChI is InChI=1S/C63H117NO5/c1-4-7-10-13-16-19-22-25-28-31-34-37-40-43-46-49-52-55-61(66)60(58-65)64-62(67)57-59(54-51-48-45-42-39-36-33-30-27-24-21-18-15-12-9-6-3)69-63(68)56-53-50-47-44-41-38-35-32-29-26-23-20-17-14-11-8-5-2/h24,26-27,29-30,33,36,39,59-61,65-66H,4-23,25,28,31-32,34-35,37-38,40-58H2,1-3H3,(H,64,67)/b27-24+,29-26+,33-30+,39-36+. The van der Waals surface area contributed by atoms with Crippen LogP contribution in [0.25, 0.3) is 0 Å². The van der Waals surface area contributed by atoms with Crippen molar-refractivity contribution in [2.75, 3.05) is 6.61 Å². The molecular formula is C63H117NO5. The average Bonchev–Trinajstić information content (AvgIpc) is 3.34. The van der Waals surface area contributed by atoms with Crippen molar-refractivity contribution in [3.05, 3.63) is 48.6 Å². The molecule has 3 unspecified atom stereocenters. The molecule has 0 rings (SSSR count). The molecule has 0 aromatic rings. The number of aliphatic hydroxyl groups excluding tert-OH is 2. The van der Waals surface area contributed by atoms with Gasteiger partial charge in [0.05, 0.1) is 25.2 Å². The number of hydrogen-bond donors (Lipinski definition) is 3. The second-order valence-corrected chi connectivity index (χ2v) is 20.8. The first kappa shape index (κ1) is 66.8. The number of hydrogen-bond acceptors (Lipinski definition) is 5. The van der Waals surface area contributed by atoms with Gasteiger partial charge in [0.25, 0.3) is 0 Å². The van der Waals surface area contributed by atoms with Crippen LogP contribution in [0.2, 0.25) is 0 Å². The molecule has 0 fully saturated rings. The lowest BCUT2D eigenvalue weighted by Crippen LogP contribution is -2.46. The molecule has 6 heteroatoms. The van der Waals surface area contributed by atoms with Gasteiger partial charge in [-0.05, 0) is 77.0 Å². The highest BCUT2D eigenvalue weighted by Gasteiger charge is 2.24. The first-order valence-corrected chi connectivity index (χ1v) is 30.4. The number of allylic oxidation sites excluding steroid dienone is 8. The summed E-state index contributed by atoms with van der Waals surface area (Å²) in [5.74, 6) is -0.500. The predicted octanol–water partition coefficient (Wildman–Crippen LogP) is 19.0. The molecule has 0 heterocycles. The molecule has 69 heavy (non-hydrogen) atoms. The Morgan fingerprint density at radius 2 is 0.754 bits per heavy atom. The molecule has 0 aromatic heterocycles. The van der Waals surface area contributed by atoms with Crippen LogP contribution in [0.15, 0.2) is 48.6 Å². The van der Waals surface area contributed by atoms with Crippen LogP contribution in [0.4, 0.5) is 0 Å². The average molecular weight is 969 g/mol. The van der Waals surface area contributed by atoms with Gasteiger partial charge in [-0.3, -0.25) is 9.59 Å². The number of carbonyl (C=O) groups excluding carboxylic acids is 2. The van der Waals surface area contributed by atoms with Crippen molar-refractivity contribution in [2.24, 2.45) is 0 Å². The molecule has 0 aliphatic heterocycles. The van der Waals surface area contributed by atoms with E-state index in [4.69, 9.17) is 4.74 Å². The van der Waals surface area contributed by atoms with Crippen molar-refractivity contribution in [1.82, 2.24) is 5.32 Å². The summed E-state index contributed by atoms with van der Waals surface area (Å²) < 4.78 is 5.96. The highest BCUT2D eigenvalue weighted by atomic mass is 16.5. The first-order chi connectivity index (χ1) is 34.0. The number of esters is 1. The molecule has 0 bridgehead atoms. The van der Waals surface area contributed by atoms with Gasteiger partial charge in [-0.15, -0.1) is 0 Å². The van der Waals surface area contributed by atoms with Gasteiger partial charge in [0.1, 0.15) is 6.10 Å². The molecule has 0 saturated carbocycles. The van der Waals surface area contributed by atoms with Crippen molar-refractivity contribution in [3.63, 3.8) is 0 Å². The summed E-state index contributed by atoms with van der Waals surface area (Å²) >= 11 is 0. The Hall–Kier alpha value is -2.18. The van der Waals surface area contributed by atoms with Gasteiger partial charge >= 0.3 is 5.97 Å². The quantitative estimate of drug-likeness (QED) is 0.0244. The summed E-state index contributed by atoms with van der Waals surface area (Å²) in [7, 11) is 0. The van der Waals surface area contributed by atoms with Crippen LogP contribution in [0.1, 0.15) is 316 Å². The Labute approximate surface area is 429 Å². The fraction of sp³-hybridized carbons (Fsp3) is 0.841. The largest absolute Gasteiger partial charge is 0.462 e. The predicted molar refractivity (Wildman–Crippen MR) is 301 cm³/mol. The van der Waals surface area contributed by atoms with Gasteiger partial charge in [-0.1, -0.05) is 275 Å². The van der Waals surface area contributed by atoms with E-state index >= 15 is 0 Å². The highest BCUT2D eigenvalue weighted by Crippen LogP contribution is 2.18. The van der Waals surface area contributed by atoms with E-state index in [1.807, 2.05) is 0 Å². The number of rotatable bonds is 55. The minimum Gasteiger partial charge on any atom is -0.462 e. The van der Waals surface area contributed by atoms with Gasteiger partial charge in [0, 0.05) is 6.42 Å². The van der Waals surface area contributed by atoms with Crippen LogP contribution < -0.4 is 5.32 Å². The zero-order valence-electron chi connectivity index (χ0n) is 46.2. The van der Waals surface area contributed by atoms with E-state index in [9.17, 15) is 19.8 Å². The molecule has 0 aliphatic rings. The second-order valence-electron chi connectivity index (χ2n) is 20.8. The van der Waals surface area contributed by atoms with E-state index in [1.165, 1.54) is 199 Å². The van der Waals surface area contributed by atoms with Crippen LogP contribution in [0.3, 0.4) is 0 Å². The first-order valence-electron chi connectivity index (χ1n) is 30.4. The molecule has 6 nitrogen and oxygen atoms in total. The van der Waals surface area contributed by atoms with Crippen molar-refractivity contribution < 1.29 is 24.5 Å². The molecule has 404 valence electrons. The van der Waals surface area contributed by atoms with E-state index < -0.39 is 18.2 Å². The second kappa shape index (κ2) is 56.7. The maximum absolute atomic E-state index is 13.3. The molecule has 1 amide bonds. The van der Waals surface area contributed by atoms with Crippen molar-refractivity contribution in [3.8, 4) is 0 Å². The number of nitrogens with one attached hydrogen (secondary N) is 1. The third kappa shape index (κ3) is 52.0. The van der Waals surface area contributed by atoms with Gasteiger partial charge < -0.3 is 20.3 Å². The third-order valence-electron chi connectivity index (χ3n) is 13.9. The minimum atomic E-state index is -0.799. The van der Waals surface area contributed by atoms with Crippen LogP contribution >= 0.6 is 0 Å². The lowest BCUT2D eigenvalue weighted by molar-refractivity contribution is -0.151. The molecular weight excluding hydrogens is 851 g/mol. The van der Waals surface area contributed by atoms with Crippen LogP contribution in [-0.4, -0.2) is 46.9 Å². The van der Waals surface area contributed by atoms with E-state index in [1.54, 1.807) is 0 Å². The number of amides is 1. The Morgan fingerprint density at radius 1 is 0.420 bits per heavy atom. The molecule has 3 N–H and O–H groups in total. The molecule has 0 radical (unpaired) electrons. The maximum Gasteiger partial charge on any atom is 0.306 e. The number of aliphatic hydroxyl groups is 2. The summed E-state index contributed by atoms with van der Waals surface area (Å²) in [5, 5.41) is 23.9. The van der Waals surface area contributed by atoms with Crippen LogP contribution in [0, 0.1) is 0 Å². The van der Waals surface area contributed by atoms with Crippen molar-refractivity contribution >= 4 is 11.9 Å². The fourth-order valence-electron chi connectivity index (χ4n) is 9.31. The van der Waals surface area contributed by atoms with E-state index in [0.717, 1.165) is 70.6 Å². The zero-order valence-corrected chi connectivity index (χ0v) is 46.2. The van der Waals surface area contributed by atoms with Gasteiger partial charge in [0.15, 0.2) is 0 Å². The van der Waals surface area contributed by atoms with Crippen molar-refractivity contribution in [1.29, 1.82) is 0 Å². The lowest BCUT2D eigenvalue weighted by atomic mass is 10.0. The number of ether oxygens (including phenoxy) is 1. The summed E-state index contributed by atoms with van der Waals surface area (Å²) in [6.45, 7) is 6.49. The number of carbonyl (C=O) groups is 2. The lowest BCUT2D eigenvalue weighted by Gasteiger charge is -2.24. The van der Waals surface area contributed by atoms with Crippen LogP contribution in [-0.2, 0) is 14.3 Å². The molecule has 0 aliphatic carbocycles. The van der Waals surface area contributed by atoms with Gasteiger partial charge in [-0.2, -0.15) is 0 Å². The Morgan fingerprint density at radius 3 is 1.16 bits per heavy atom. The summed E-state index contributed by atoms with van der Waals surface area (Å²) in [4.78, 5) is 26.3. The SMILES string of the molecule is CCCCCCC/C=C/C=C/C=C/CCCCCC(CC(=O)NC(CO)C(O)CCCCCCCCCCCCCCCCCCC)OC(=O)CCCCCCCCC/C=C/CCCCCCCC. The Bertz CT molecular complexity index is 1180. The van der Waals surface area contributed by atoms with E-state index in [2.05, 4.69) is 74.7 Å². The third-order valence-corrected chi connectivity index (χ3v) is 13.9. The normalized spacial score (nSPS) is 13.4. The number of unbranched alkanes of at least 4 members (excludes halogenated alkanes) is 37. The summed E-state index contributed by atoms with van der Waals surface area (Å²) in [6.07, 6.45) is 70.4. The molecule has 0 saturated heterocycles. The smallest absolute Gasteiger partial charge is 0.306 e. The van der Waals surface area contributed by atoms with Crippen molar-refractivity contribution in [2.45, 2.75) is 334 Å². The van der Waals surface area contributed by atoms with Gasteiger partial charge in [0.2, 0.25) is 5.91 Å². The van der Waals surface area contributed by atoms with Gasteiger partial charge in [-0.25, -0.2) is 0 Å². The monoisotopic (exact) mass is 968 g/mol. The zero-order chi connectivity index (χ0) is 50.2. The summed E-state index contributed by atoms with van der Waals surface area (Å²) in [6, 6.07) is -0.715.